The minimum atomic E-state index is -0.592. The number of aromatic nitrogens is 3. The van der Waals surface area contributed by atoms with E-state index in [1.165, 1.54) is 23.8 Å². The number of ether oxygens (including phenoxy) is 1. The maximum atomic E-state index is 15.3. The van der Waals surface area contributed by atoms with Crippen molar-refractivity contribution in [2.45, 2.75) is 59.3 Å². The largest absolute Gasteiger partial charge is 0.509 e. The second kappa shape index (κ2) is 17.5. The first-order valence-electron chi connectivity index (χ1n) is 21.4. The van der Waals surface area contributed by atoms with Gasteiger partial charge in [-0.25, -0.2) is 13.8 Å². The molecule has 0 amide bonds. The van der Waals surface area contributed by atoms with Crippen molar-refractivity contribution in [3.05, 3.63) is 181 Å². The third kappa shape index (κ3) is 7.66. The number of benzene rings is 6. The van der Waals surface area contributed by atoms with E-state index < -0.39 is 11.6 Å². The summed E-state index contributed by atoms with van der Waals surface area (Å²) in [5.41, 5.74) is 9.78. The summed E-state index contributed by atoms with van der Waals surface area (Å²) in [6, 6.07) is 45.5. The van der Waals surface area contributed by atoms with E-state index in [4.69, 9.17) is 14.2 Å². The van der Waals surface area contributed by atoms with Crippen LogP contribution in [0.4, 0.5) is 31.5 Å². The number of halogens is 2. The van der Waals surface area contributed by atoms with Crippen molar-refractivity contribution in [1.29, 1.82) is 0 Å². The second-order valence-electron chi connectivity index (χ2n) is 16.6. The van der Waals surface area contributed by atoms with Crippen molar-refractivity contribution in [2.24, 2.45) is 0 Å². The molecule has 0 aliphatic carbocycles. The number of fused-ring (bicyclic) bond motifs is 4. The van der Waals surface area contributed by atoms with Gasteiger partial charge in [0.2, 0.25) is 0 Å². The van der Waals surface area contributed by atoms with Gasteiger partial charge in [0, 0.05) is 67.4 Å². The van der Waals surface area contributed by atoms with Gasteiger partial charge in [-0.1, -0.05) is 93.7 Å². The van der Waals surface area contributed by atoms with Gasteiger partial charge in [0.05, 0.1) is 11.8 Å². The van der Waals surface area contributed by atoms with Crippen LogP contribution < -0.4 is 14.5 Å². The molecule has 3 aromatic heterocycles. The van der Waals surface area contributed by atoms with Crippen LogP contribution in [-0.2, 0) is 27.5 Å². The zero-order valence-corrected chi connectivity index (χ0v) is 38.2. The molecule has 7 nitrogen and oxygen atoms in total. The number of rotatable bonds is 11. The molecular formula is C54H44F2N5O2Pt-3. The summed E-state index contributed by atoms with van der Waals surface area (Å²) in [4.78, 5) is 9.08. The van der Waals surface area contributed by atoms with Crippen molar-refractivity contribution < 1.29 is 39.1 Å². The Labute approximate surface area is 386 Å². The first-order valence-corrected chi connectivity index (χ1v) is 21.4. The standard InChI is InChI=1S/C54H44F2N5O2.Pt/c1-6-12-35-21-23-57-52(25-35)61-47-16-8-7-13-41(47)42-20-19-39(31-50(42)61)62-40-27-36(51-22-24-58-63-51)26-38(30-40)59-32-60(49-18-10-9-17-48(49)59)54-43(33(2)3)28-37(29-44(54)34(4)5)53-45(55)14-11-15-46(53)56;/h7-11,13-29,32-34H,6,12H2,1-5H3;/q-3;. The Balaban J connectivity index is 0.00000518. The van der Waals surface area contributed by atoms with Crippen LogP contribution in [0.25, 0.3) is 50.1 Å². The molecule has 64 heavy (non-hydrogen) atoms. The van der Waals surface area contributed by atoms with E-state index >= 15 is 8.78 Å². The summed E-state index contributed by atoms with van der Waals surface area (Å²) < 4.78 is 45.2. The van der Waals surface area contributed by atoms with Crippen molar-refractivity contribution >= 4 is 44.6 Å². The van der Waals surface area contributed by atoms with Gasteiger partial charge in [0.1, 0.15) is 23.2 Å². The monoisotopic (exact) mass is 1030 g/mol. The Morgan fingerprint density at radius 3 is 2.12 bits per heavy atom. The molecule has 6 aromatic carbocycles. The minimum Gasteiger partial charge on any atom is -0.509 e. The SMILES string of the molecule is CCCc1ccnc(-n2c3[c-]c(Oc4[c-]c(N5[CH-]N(c6c(C(C)C)cc(-c7c(F)cccc7F)cc6C(C)C)c6ccccc65)cc(-c5ccno5)c4)ccc3c3ccccc32)c1.[Pt]. The molecule has 0 radical (unpaired) electrons. The van der Waals surface area contributed by atoms with Gasteiger partial charge in [0.25, 0.3) is 0 Å². The summed E-state index contributed by atoms with van der Waals surface area (Å²) in [7, 11) is 0. The van der Waals surface area contributed by atoms with Gasteiger partial charge >= 0.3 is 0 Å². The van der Waals surface area contributed by atoms with Crippen molar-refractivity contribution in [2.75, 3.05) is 9.80 Å². The molecule has 4 heterocycles. The van der Waals surface area contributed by atoms with Gasteiger partial charge in [-0.15, -0.1) is 48.1 Å². The van der Waals surface area contributed by atoms with Crippen LogP contribution in [0, 0.1) is 30.4 Å². The molecule has 0 saturated carbocycles. The molecular weight excluding hydrogens is 984 g/mol. The average molecular weight is 1030 g/mol. The Morgan fingerprint density at radius 1 is 0.703 bits per heavy atom. The normalized spacial score (nSPS) is 12.5. The number of hydrogen-bond donors (Lipinski definition) is 0. The quantitative estimate of drug-likeness (QED) is 0.120. The molecule has 1 aliphatic heterocycles. The van der Waals surface area contributed by atoms with E-state index in [1.54, 1.807) is 6.20 Å². The maximum Gasteiger partial charge on any atom is 0.143 e. The average Bonchev–Trinajstić information content (AvgIpc) is 4.03. The zero-order valence-electron chi connectivity index (χ0n) is 36.0. The molecule has 10 heteroatoms. The number of pyridine rings is 1. The van der Waals surface area contributed by atoms with Crippen molar-refractivity contribution in [1.82, 2.24) is 14.7 Å². The molecule has 0 unspecified atom stereocenters. The van der Waals surface area contributed by atoms with Crippen LogP contribution in [0.3, 0.4) is 0 Å². The number of para-hydroxylation sites is 3. The van der Waals surface area contributed by atoms with Gasteiger partial charge in [-0.05, 0) is 100 Å². The first kappa shape index (κ1) is 42.7. The van der Waals surface area contributed by atoms with Gasteiger partial charge in [-0.2, -0.15) is 6.07 Å². The minimum absolute atomic E-state index is 0. The third-order valence-electron chi connectivity index (χ3n) is 11.7. The number of anilines is 4. The molecule has 10 rings (SSSR count). The molecule has 9 aromatic rings. The van der Waals surface area contributed by atoms with Gasteiger partial charge in [-0.3, -0.25) is 0 Å². The third-order valence-corrected chi connectivity index (χ3v) is 11.7. The fourth-order valence-electron chi connectivity index (χ4n) is 8.78. The predicted octanol–water partition coefficient (Wildman–Crippen LogP) is 14.8. The van der Waals surface area contributed by atoms with Gasteiger partial charge < -0.3 is 23.6 Å². The first-order chi connectivity index (χ1) is 30.7. The van der Waals surface area contributed by atoms with Crippen LogP contribution in [-0.4, -0.2) is 14.7 Å². The Morgan fingerprint density at radius 2 is 1.42 bits per heavy atom. The Bertz CT molecular complexity index is 3110. The van der Waals surface area contributed by atoms with E-state index in [2.05, 4.69) is 115 Å². The summed E-state index contributed by atoms with van der Waals surface area (Å²) in [6.45, 7) is 12.7. The van der Waals surface area contributed by atoms with E-state index in [-0.39, 0.29) is 38.5 Å². The van der Waals surface area contributed by atoms with Crippen LogP contribution in [0.1, 0.15) is 69.6 Å². The van der Waals surface area contributed by atoms with E-state index in [9.17, 15) is 0 Å². The summed E-state index contributed by atoms with van der Waals surface area (Å²) >= 11 is 0. The molecule has 0 N–H and O–H groups in total. The van der Waals surface area contributed by atoms with E-state index in [1.807, 2.05) is 66.9 Å². The second-order valence-corrected chi connectivity index (χ2v) is 16.6. The molecule has 1 aliphatic rings. The Hall–Kier alpha value is -6.57. The fraction of sp³-hybridized carbons (Fsp3) is 0.167. The zero-order chi connectivity index (χ0) is 43.4. The molecule has 0 spiro atoms. The number of hydrogen-bond acceptors (Lipinski definition) is 6. The topological polar surface area (TPSA) is 59.6 Å². The van der Waals surface area contributed by atoms with E-state index in [0.29, 0.717) is 28.5 Å². The summed E-state index contributed by atoms with van der Waals surface area (Å²) in [5, 5.41) is 6.15. The van der Waals surface area contributed by atoms with Crippen LogP contribution >= 0.6 is 0 Å². The molecule has 324 valence electrons. The number of aryl methyl sites for hydroxylation is 1. The predicted molar refractivity (Wildman–Crippen MR) is 247 cm³/mol. The molecule has 0 atom stereocenters. The smallest absolute Gasteiger partial charge is 0.143 e. The van der Waals surface area contributed by atoms with Crippen LogP contribution in [0.5, 0.6) is 11.5 Å². The van der Waals surface area contributed by atoms with Crippen LogP contribution in [0.2, 0.25) is 0 Å². The Kier molecular flexibility index (Phi) is 11.7. The summed E-state index contributed by atoms with van der Waals surface area (Å²) in [5.74, 6) is 1.21. The van der Waals surface area contributed by atoms with Crippen molar-refractivity contribution in [3.63, 3.8) is 0 Å². The van der Waals surface area contributed by atoms with Gasteiger partial charge in [0.15, 0.2) is 0 Å². The molecule has 0 fully saturated rings. The molecule has 0 bridgehead atoms. The van der Waals surface area contributed by atoms with Crippen LogP contribution in [0.15, 0.2) is 138 Å². The fourth-order valence-corrected chi connectivity index (χ4v) is 8.78. The van der Waals surface area contributed by atoms with Crippen molar-refractivity contribution in [3.8, 4) is 39.8 Å². The maximum absolute atomic E-state index is 15.3. The number of nitrogens with zero attached hydrogens (tertiary/aromatic N) is 5. The summed E-state index contributed by atoms with van der Waals surface area (Å²) in [6.07, 6.45) is 5.49. The molecule has 0 saturated heterocycles. The van der Waals surface area contributed by atoms with E-state index in [0.717, 1.165) is 74.2 Å².